The molecule has 2 N–H and O–H groups in total. The van der Waals surface area contributed by atoms with E-state index in [1.165, 1.54) is 7.11 Å². The van der Waals surface area contributed by atoms with Crippen LogP contribution in [0.2, 0.25) is 0 Å². The van der Waals surface area contributed by atoms with Crippen LogP contribution >= 0.6 is 0 Å². The maximum absolute atomic E-state index is 12.0. The molecule has 0 radical (unpaired) electrons. The molecule has 1 saturated heterocycles. The van der Waals surface area contributed by atoms with Crippen LogP contribution < -0.4 is 10.6 Å². The molecule has 5 nitrogen and oxygen atoms in total. The van der Waals surface area contributed by atoms with Crippen LogP contribution in [-0.2, 0) is 9.53 Å². The van der Waals surface area contributed by atoms with Gasteiger partial charge in [0, 0.05) is 12.1 Å². The number of hydrogen-bond acceptors (Lipinski definition) is 4. The molecular formula is C16H22N2O3. The third kappa shape index (κ3) is 4.29. The maximum atomic E-state index is 12.0. The summed E-state index contributed by atoms with van der Waals surface area (Å²) >= 11 is 0. The zero-order valence-electron chi connectivity index (χ0n) is 12.6. The van der Waals surface area contributed by atoms with Crippen molar-refractivity contribution < 1.29 is 14.3 Å². The van der Waals surface area contributed by atoms with Crippen molar-refractivity contribution in [1.29, 1.82) is 0 Å². The Morgan fingerprint density at radius 2 is 2.24 bits per heavy atom. The predicted molar refractivity (Wildman–Crippen MR) is 81.4 cm³/mol. The summed E-state index contributed by atoms with van der Waals surface area (Å²) in [5, 5.41) is 6.21. The summed E-state index contributed by atoms with van der Waals surface area (Å²) in [4.78, 5) is 23.4. The number of amides is 1. The molecule has 0 aromatic heterocycles. The van der Waals surface area contributed by atoms with Gasteiger partial charge in [-0.05, 0) is 62.5 Å². The van der Waals surface area contributed by atoms with Crippen LogP contribution in [0.5, 0.6) is 0 Å². The van der Waals surface area contributed by atoms with E-state index in [2.05, 4.69) is 15.4 Å². The van der Waals surface area contributed by atoms with Gasteiger partial charge in [-0.25, -0.2) is 4.79 Å². The van der Waals surface area contributed by atoms with Gasteiger partial charge < -0.3 is 15.4 Å². The molecule has 1 aliphatic heterocycles. The number of esters is 1. The normalized spacial score (nSPS) is 17.5. The van der Waals surface area contributed by atoms with E-state index < -0.39 is 0 Å². The summed E-state index contributed by atoms with van der Waals surface area (Å²) in [6.07, 6.45) is 2.60. The zero-order chi connectivity index (χ0) is 15.2. The number of aryl methyl sites for hydroxylation is 1. The van der Waals surface area contributed by atoms with Crippen LogP contribution in [0.15, 0.2) is 18.2 Å². The van der Waals surface area contributed by atoms with Crippen LogP contribution in [0.1, 0.15) is 35.2 Å². The second-order valence-corrected chi connectivity index (χ2v) is 5.47. The smallest absolute Gasteiger partial charge is 0.337 e. The number of rotatable bonds is 5. The fraction of sp³-hybridized carbons (Fsp3) is 0.500. The number of carbonyl (C=O) groups is 2. The number of benzene rings is 1. The highest BCUT2D eigenvalue weighted by molar-refractivity contribution is 5.94. The van der Waals surface area contributed by atoms with Gasteiger partial charge in [0.1, 0.15) is 0 Å². The van der Waals surface area contributed by atoms with Crippen molar-refractivity contribution in [2.75, 3.05) is 25.5 Å². The van der Waals surface area contributed by atoms with Crippen LogP contribution in [0.3, 0.4) is 0 Å². The summed E-state index contributed by atoms with van der Waals surface area (Å²) in [5.74, 6) is 0.263. The van der Waals surface area contributed by atoms with Gasteiger partial charge in [-0.3, -0.25) is 4.79 Å². The van der Waals surface area contributed by atoms with E-state index in [1.54, 1.807) is 18.2 Å². The minimum Gasteiger partial charge on any atom is -0.465 e. The SMILES string of the molecule is COC(=O)c1ccc(NC(=O)CCC2CCNC2)c(C)c1. The first-order valence-corrected chi connectivity index (χ1v) is 7.29. The molecule has 0 spiro atoms. The average Bonchev–Trinajstić information content (AvgIpc) is 2.99. The summed E-state index contributed by atoms with van der Waals surface area (Å²) in [6, 6.07) is 5.13. The Kier molecular flexibility index (Phi) is 5.33. The number of ether oxygens (including phenoxy) is 1. The third-order valence-corrected chi connectivity index (χ3v) is 3.86. The summed E-state index contributed by atoms with van der Waals surface area (Å²) in [6.45, 7) is 3.93. The lowest BCUT2D eigenvalue weighted by Gasteiger charge is -2.11. The molecule has 1 fully saturated rings. The molecule has 1 amide bonds. The average molecular weight is 290 g/mol. The second-order valence-electron chi connectivity index (χ2n) is 5.47. The zero-order valence-corrected chi connectivity index (χ0v) is 12.6. The van der Waals surface area contributed by atoms with Crippen molar-refractivity contribution >= 4 is 17.6 Å². The molecule has 1 unspecified atom stereocenters. The van der Waals surface area contributed by atoms with Gasteiger partial charge in [0.15, 0.2) is 0 Å². The summed E-state index contributed by atoms with van der Waals surface area (Å²) in [7, 11) is 1.35. The first-order valence-electron chi connectivity index (χ1n) is 7.29. The molecule has 1 heterocycles. The van der Waals surface area contributed by atoms with E-state index in [4.69, 9.17) is 0 Å². The van der Waals surface area contributed by atoms with Gasteiger partial charge >= 0.3 is 5.97 Å². The van der Waals surface area contributed by atoms with Crippen LogP contribution in [-0.4, -0.2) is 32.1 Å². The molecule has 1 aromatic rings. The highest BCUT2D eigenvalue weighted by Crippen LogP contribution is 2.19. The molecule has 5 heteroatoms. The van der Waals surface area contributed by atoms with E-state index in [-0.39, 0.29) is 11.9 Å². The fourth-order valence-electron chi connectivity index (χ4n) is 2.56. The third-order valence-electron chi connectivity index (χ3n) is 3.86. The van der Waals surface area contributed by atoms with E-state index in [0.29, 0.717) is 17.9 Å². The molecular weight excluding hydrogens is 268 g/mol. The quantitative estimate of drug-likeness (QED) is 0.815. The lowest BCUT2D eigenvalue weighted by atomic mass is 10.0. The lowest BCUT2D eigenvalue weighted by Crippen LogP contribution is -2.15. The van der Waals surface area contributed by atoms with Crippen molar-refractivity contribution in [2.45, 2.75) is 26.2 Å². The summed E-state index contributed by atoms with van der Waals surface area (Å²) < 4.78 is 4.68. The van der Waals surface area contributed by atoms with Crippen LogP contribution in [0.4, 0.5) is 5.69 Å². The molecule has 0 saturated carbocycles. The standard InChI is InChI=1S/C16H22N2O3/c1-11-9-13(16(20)21-2)4-5-14(11)18-15(19)6-3-12-7-8-17-10-12/h4-5,9,12,17H,3,6-8,10H2,1-2H3,(H,18,19). The number of hydrogen-bond donors (Lipinski definition) is 2. The van der Waals surface area contributed by atoms with Crippen molar-refractivity contribution in [3.63, 3.8) is 0 Å². The van der Waals surface area contributed by atoms with Gasteiger partial charge in [0.25, 0.3) is 0 Å². The monoisotopic (exact) mass is 290 g/mol. The Labute approximate surface area is 125 Å². The molecule has 0 aliphatic carbocycles. The number of carbonyl (C=O) groups excluding carboxylic acids is 2. The van der Waals surface area contributed by atoms with Crippen LogP contribution in [0, 0.1) is 12.8 Å². The van der Waals surface area contributed by atoms with E-state index in [9.17, 15) is 9.59 Å². The largest absolute Gasteiger partial charge is 0.465 e. The number of anilines is 1. The highest BCUT2D eigenvalue weighted by atomic mass is 16.5. The van der Waals surface area contributed by atoms with E-state index >= 15 is 0 Å². The Hall–Kier alpha value is -1.88. The maximum Gasteiger partial charge on any atom is 0.337 e. The van der Waals surface area contributed by atoms with Crippen molar-refractivity contribution in [2.24, 2.45) is 5.92 Å². The minimum atomic E-state index is -0.371. The minimum absolute atomic E-state index is 0.0239. The number of nitrogens with one attached hydrogen (secondary N) is 2. The molecule has 1 aromatic carbocycles. The summed E-state index contributed by atoms with van der Waals surface area (Å²) in [5.41, 5.74) is 2.09. The highest BCUT2D eigenvalue weighted by Gasteiger charge is 2.16. The first kappa shape index (κ1) is 15.5. The molecule has 2 rings (SSSR count). The van der Waals surface area contributed by atoms with Gasteiger partial charge in [0.2, 0.25) is 5.91 Å². The van der Waals surface area contributed by atoms with Gasteiger partial charge in [-0.1, -0.05) is 0 Å². The fourth-order valence-corrected chi connectivity index (χ4v) is 2.56. The van der Waals surface area contributed by atoms with Crippen molar-refractivity contribution in [1.82, 2.24) is 5.32 Å². The molecule has 1 aliphatic rings. The molecule has 114 valence electrons. The van der Waals surface area contributed by atoms with E-state index in [1.807, 2.05) is 6.92 Å². The predicted octanol–water partition coefficient (Wildman–Crippen LogP) is 2.11. The van der Waals surface area contributed by atoms with Gasteiger partial charge in [0.05, 0.1) is 12.7 Å². The second kappa shape index (κ2) is 7.22. The molecule has 1 atom stereocenters. The van der Waals surface area contributed by atoms with Gasteiger partial charge in [-0.2, -0.15) is 0 Å². The van der Waals surface area contributed by atoms with Crippen molar-refractivity contribution in [3.8, 4) is 0 Å². The first-order chi connectivity index (χ1) is 10.1. The Morgan fingerprint density at radius 3 is 2.86 bits per heavy atom. The Balaban J connectivity index is 1.89. The van der Waals surface area contributed by atoms with Crippen LogP contribution in [0.25, 0.3) is 0 Å². The lowest BCUT2D eigenvalue weighted by molar-refractivity contribution is -0.116. The Bertz CT molecular complexity index is 522. The number of methoxy groups -OCH3 is 1. The molecule has 21 heavy (non-hydrogen) atoms. The van der Waals surface area contributed by atoms with Crippen molar-refractivity contribution in [3.05, 3.63) is 29.3 Å². The van der Waals surface area contributed by atoms with Gasteiger partial charge in [-0.15, -0.1) is 0 Å². The van der Waals surface area contributed by atoms with E-state index in [0.717, 1.165) is 37.2 Å². The molecule has 0 bridgehead atoms. The Morgan fingerprint density at radius 1 is 1.43 bits per heavy atom. The topological polar surface area (TPSA) is 67.4 Å².